The van der Waals surface area contributed by atoms with Gasteiger partial charge in [-0.25, -0.2) is 9.97 Å². The monoisotopic (exact) mass is 266 g/mol. The second kappa shape index (κ2) is 5.46. The van der Waals surface area contributed by atoms with Crippen LogP contribution in [0.3, 0.4) is 0 Å². The Labute approximate surface area is 108 Å². The fourth-order valence-electron chi connectivity index (χ4n) is 1.32. The summed E-state index contributed by atoms with van der Waals surface area (Å²) in [5.41, 5.74) is 0.357. The number of anilines is 1. The summed E-state index contributed by atoms with van der Waals surface area (Å²) in [6.07, 6.45) is 2.80. The number of hydrogen-bond donors (Lipinski definition) is 3. The third-order valence-electron chi connectivity index (χ3n) is 2.24. The van der Waals surface area contributed by atoms with E-state index in [0.29, 0.717) is 22.2 Å². The number of carbonyl (C=O) groups is 1. The van der Waals surface area contributed by atoms with Crippen LogP contribution in [-0.4, -0.2) is 33.1 Å². The van der Waals surface area contributed by atoms with Crippen molar-refractivity contribution in [2.45, 2.75) is 6.54 Å². The minimum atomic E-state index is -0.296. The van der Waals surface area contributed by atoms with Crippen molar-refractivity contribution >= 4 is 23.3 Å². The highest BCUT2D eigenvalue weighted by Crippen LogP contribution is 2.17. The maximum atomic E-state index is 11.9. The zero-order valence-corrected chi connectivity index (χ0v) is 10.3. The van der Waals surface area contributed by atoms with Gasteiger partial charge in [0.05, 0.1) is 17.1 Å². The molecule has 0 aliphatic rings. The second-order valence-corrected chi connectivity index (χ2v) is 3.82. The Morgan fingerprint density at radius 3 is 3.00 bits per heavy atom. The minimum absolute atomic E-state index is 0.256. The molecule has 0 spiro atoms. The lowest BCUT2D eigenvalue weighted by Crippen LogP contribution is -2.24. The van der Waals surface area contributed by atoms with Crippen molar-refractivity contribution in [3.05, 3.63) is 35.0 Å². The minimum Gasteiger partial charge on any atom is -0.373 e. The molecular weight excluding hydrogens is 256 g/mol. The predicted molar refractivity (Wildman–Crippen MR) is 66.3 cm³/mol. The Kier molecular flexibility index (Phi) is 3.73. The topological polar surface area (TPSA) is 95.6 Å². The van der Waals surface area contributed by atoms with Crippen LogP contribution in [-0.2, 0) is 6.54 Å². The standard InChI is InChI=1S/C10H11ClN6O/c1-12-8-2-6(7(11)3-13-8)10(18)14-4-9-15-5-16-17-9/h2-3,5H,4H2,1H3,(H,12,13)(H,14,18)(H,15,16,17). The van der Waals surface area contributed by atoms with Crippen molar-refractivity contribution in [1.29, 1.82) is 0 Å². The first kappa shape index (κ1) is 12.3. The third-order valence-corrected chi connectivity index (χ3v) is 2.54. The van der Waals surface area contributed by atoms with E-state index in [1.54, 1.807) is 13.1 Å². The summed E-state index contributed by atoms with van der Waals surface area (Å²) in [6.45, 7) is 0.256. The van der Waals surface area contributed by atoms with Crippen molar-refractivity contribution in [1.82, 2.24) is 25.5 Å². The van der Waals surface area contributed by atoms with Gasteiger partial charge in [-0.05, 0) is 6.07 Å². The fraction of sp³-hybridized carbons (Fsp3) is 0.200. The number of aromatic nitrogens is 4. The molecule has 0 aliphatic carbocycles. The lowest BCUT2D eigenvalue weighted by molar-refractivity contribution is 0.0950. The maximum absolute atomic E-state index is 11.9. The van der Waals surface area contributed by atoms with Gasteiger partial charge < -0.3 is 10.6 Å². The normalized spacial score (nSPS) is 10.1. The molecule has 2 aromatic heterocycles. The van der Waals surface area contributed by atoms with E-state index in [4.69, 9.17) is 11.6 Å². The molecule has 0 radical (unpaired) electrons. The predicted octanol–water partition coefficient (Wildman–Crippen LogP) is 0.825. The van der Waals surface area contributed by atoms with Crippen LogP contribution >= 0.6 is 11.6 Å². The van der Waals surface area contributed by atoms with Crippen LogP contribution in [0.5, 0.6) is 0 Å². The molecule has 0 saturated heterocycles. The second-order valence-electron chi connectivity index (χ2n) is 3.41. The zero-order valence-electron chi connectivity index (χ0n) is 9.57. The molecule has 0 bridgehead atoms. The largest absolute Gasteiger partial charge is 0.373 e. The smallest absolute Gasteiger partial charge is 0.253 e. The molecule has 0 aliphatic heterocycles. The van der Waals surface area contributed by atoms with E-state index >= 15 is 0 Å². The molecule has 2 aromatic rings. The van der Waals surface area contributed by atoms with E-state index in [2.05, 4.69) is 30.8 Å². The number of aromatic amines is 1. The lowest BCUT2D eigenvalue weighted by atomic mass is 10.2. The van der Waals surface area contributed by atoms with Crippen LogP contribution in [0.15, 0.2) is 18.6 Å². The Hall–Kier alpha value is -2.15. The van der Waals surface area contributed by atoms with Crippen LogP contribution in [0, 0.1) is 0 Å². The molecule has 94 valence electrons. The summed E-state index contributed by atoms with van der Waals surface area (Å²) >= 11 is 5.92. The summed E-state index contributed by atoms with van der Waals surface area (Å²) in [4.78, 5) is 19.8. The van der Waals surface area contributed by atoms with Gasteiger partial charge in [0.15, 0.2) is 0 Å². The van der Waals surface area contributed by atoms with Gasteiger partial charge in [0.1, 0.15) is 18.0 Å². The van der Waals surface area contributed by atoms with Gasteiger partial charge in [0.2, 0.25) is 0 Å². The van der Waals surface area contributed by atoms with Crippen molar-refractivity contribution in [3.8, 4) is 0 Å². The average Bonchev–Trinajstić information content (AvgIpc) is 2.89. The van der Waals surface area contributed by atoms with Gasteiger partial charge in [-0.1, -0.05) is 11.6 Å². The van der Waals surface area contributed by atoms with Crippen LogP contribution in [0.25, 0.3) is 0 Å². The van der Waals surface area contributed by atoms with E-state index in [-0.39, 0.29) is 12.5 Å². The van der Waals surface area contributed by atoms with Crippen LogP contribution in [0.2, 0.25) is 5.02 Å². The van der Waals surface area contributed by atoms with Crippen LogP contribution in [0.1, 0.15) is 16.2 Å². The molecule has 0 atom stereocenters. The molecule has 2 rings (SSSR count). The van der Waals surface area contributed by atoms with E-state index in [1.165, 1.54) is 12.5 Å². The molecular formula is C10H11ClN6O. The van der Waals surface area contributed by atoms with Crippen LogP contribution in [0.4, 0.5) is 5.82 Å². The number of hydrogen-bond acceptors (Lipinski definition) is 5. The van der Waals surface area contributed by atoms with Gasteiger partial charge in [-0.3, -0.25) is 9.89 Å². The molecule has 0 aromatic carbocycles. The van der Waals surface area contributed by atoms with Crippen molar-refractivity contribution < 1.29 is 4.79 Å². The Balaban J connectivity index is 2.08. The molecule has 7 nitrogen and oxygen atoms in total. The Morgan fingerprint density at radius 2 is 2.33 bits per heavy atom. The molecule has 18 heavy (non-hydrogen) atoms. The van der Waals surface area contributed by atoms with Gasteiger partial charge in [-0.2, -0.15) is 5.10 Å². The number of H-pyrrole nitrogens is 1. The average molecular weight is 267 g/mol. The molecule has 0 unspecified atom stereocenters. The SMILES string of the molecule is CNc1cc(C(=O)NCc2ncn[nH]2)c(Cl)cn1. The van der Waals surface area contributed by atoms with E-state index in [9.17, 15) is 4.79 Å². The van der Waals surface area contributed by atoms with E-state index in [0.717, 1.165) is 0 Å². The van der Waals surface area contributed by atoms with Crippen molar-refractivity contribution in [2.24, 2.45) is 0 Å². The number of amides is 1. The van der Waals surface area contributed by atoms with Crippen molar-refractivity contribution in [2.75, 3.05) is 12.4 Å². The first-order valence-electron chi connectivity index (χ1n) is 5.16. The first-order chi connectivity index (χ1) is 8.70. The number of nitrogens with zero attached hydrogens (tertiary/aromatic N) is 3. The van der Waals surface area contributed by atoms with Gasteiger partial charge in [-0.15, -0.1) is 0 Å². The fourth-order valence-corrected chi connectivity index (χ4v) is 1.51. The lowest BCUT2D eigenvalue weighted by Gasteiger charge is -2.06. The quantitative estimate of drug-likeness (QED) is 0.762. The summed E-state index contributed by atoms with van der Waals surface area (Å²) in [6, 6.07) is 1.58. The Morgan fingerprint density at radius 1 is 1.50 bits per heavy atom. The number of halogens is 1. The van der Waals surface area contributed by atoms with Crippen LogP contribution < -0.4 is 10.6 Å². The van der Waals surface area contributed by atoms with E-state index in [1.807, 2.05) is 0 Å². The Bertz CT molecular complexity index is 541. The highest BCUT2D eigenvalue weighted by molar-refractivity contribution is 6.33. The van der Waals surface area contributed by atoms with Crippen molar-refractivity contribution in [3.63, 3.8) is 0 Å². The molecule has 2 heterocycles. The molecule has 8 heteroatoms. The number of pyridine rings is 1. The van der Waals surface area contributed by atoms with Gasteiger partial charge >= 0.3 is 0 Å². The zero-order chi connectivity index (χ0) is 13.0. The molecule has 1 amide bonds. The summed E-state index contributed by atoms with van der Waals surface area (Å²) in [7, 11) is 1.71. The van der Waals surface area contributed by atoms with Gasteiger partial charge in [0.25, 0.3) is 5.91 Å². The number of nitrogens with one attached hydrogen (secondary N) is 3. The summed E-state index contributed by atoms with van der Waals surface area (Å²) < 4.78 is 0. The third kappa shape index (κ3) is 2.75. The first-order valence-corrected chi connectivity index (χ1v) is 5.54. The maximum Gasteiger partial charge on any atom is 0.253 e. The van der Waals surface area contributed by atoms with E-state index < -0.39 is 0 Å². The summed E-state index contributed by atoms with van der Waals surface area (Å²) in [5.74, 6) is 0.849. The van der Waals surface area contributed by atoms with Gasteiger partial charge in [0, 0.05) is 13.2 Å². The summed E-state index contributed by atoms with van der Waals surface area (Å²) in [5, 5.41) is 12.1. The highest BCUT2D eigenvalue weighted by Gasteiger charge is 2.12. The molecule has 0 fully saturated rings. The number of rotatable bonds is 4. The number of carbonyl (C=O) groups excluding carboxylic acids is 1. The molecule has 3 N–H and O–H groups in total. The highest BCUT2D eigenvalue weighted by atomic mass is 35.5. The molecule has 0 saturated carbocycles.